The lowest BCUT2D eigenvalue weighted by atomic mass is 9.91. The van der Waals surface area contributed by atoms with Gasteiger partial charge in [-0.2, -0.15) is 13.2 Å². The fraction of sp³-hybridized carbons (Fsp3) is 0.462. The Kier molecular flexibility index (Phi) is 6.98. The molecule has 0 spiro atoms. The van der Waals surface area contributed by atoms with Crippen LogP contribution in [-0.4, -0.2) is 41.9 Å². The van der Waals surface area contributed by atoms with Crippen LogP contribution in [0.25, 0.3) is 0 Å². The summed E-state index contributed by atoms with van der Waals surface area (Å²) in [6.45, 7) is 5.76. The fourth-order valence-electron chi connectivity index (χ4n) is 4.51. The number of aryl methyl sites for hydroxylation is 1. The molecule has 1 aliphatic heterocycles. The Morgan fingerprint density at radius 3 is 2.41 bits per heavy atom. The molecular weight excluding hydrogens is 443 g/mol. The minimum absolute atomic E-state index is 0.00771. The zero-order valence-corrected chi connectivity index (χ0v) is 19.4. The van der Waals surface area contributed by atoms with Crippen molar-refractivity contribution in [2.24, 2.45) is 5.92 Å². The van der Waals surface area contributed by atoms with Gasteiger partial charge in [0.25, 0.3) is 5.91 Å². The summed E-state index contributed by atoms with van der Waals surface area (Å²) >= 11 is 0. The van der Waals surface area contributed by atoms with E-state index in [2.05, 4.69) is 30.5 Å². The second kappa shape index (κ2) is 9.78. The highest BCUT2D eigenvalue weighted by molar-refractivity contribution is 5.95. The van der Waals surface area contributed by atoms with Gasteiger partial charge in [0.1, 0.15) is 0 Å². The van der Waals surface area contributed by atoms with E-state index in [0.29, 0.717) is 26.1 Å². The van der Waals surface area contributed by atoms with Crippen molar-refractivity contribution in [2.75, 3.05) is 13.1 Å². The number of benzene rings is 2. The van der Waals surface area contributed by atoms with E-state index in [1.807, 2.05) is 17.0 Å². The van der Waals surface area contributed by atoms with Crippen LogP contribution in [0.3, 0.4) is 0 Å². The summed E-state index contributed by atoms with van der Waals surface area (Å²) in [5, 5.41) is 6.17. The van der Waals surface area contributed by atoms with Gasteiger partial charge in [-0.1, -0.05) is 18.2 Å². The highest BCUT2D eigenvalue weighted by atomic mass is 19.4. The topological polar surface area (TPSA) is 61.4 Å². The summed E-state index contributed by atoms with van der Waals surface area (Å²) in [5.74, 6) is -0.892. The molecule has 1 saturated heterocycles. The summed E-state index contributed by atoms with van der Waals surface area (Å²) in [6.07, 6.45) is -1.94. The zero-order valence-electron chi connectivity index (χ0n) is 19.4. The van der Waals surface area contributed by atoms with E-state index in [1.165, 1.54) is 23.3 Å². The number of carbonyl (C=O) groups excluding carboxylic acids is 2. The largest absolute Gasteiger partial charge is 0.416 e. The summed E-state index contributed by atoms with van der Waals surface area (Å²) in [6, 6.07) is 10.1. The van der Waals surface area contributed by atoms with Gasteiger partial charge in [0.15, 0.2) is 0 Å². The van der Waals surface area contributed by atoms with Crippen molar-refractivity contribution in [1.82, 2.24) is 15.5 Å². The normalized spacial score (nSPS) is 20.6. The predicted octanol–water partition coefficient (Wildman–Crippen LogP) is 4.22. The number of nitrogens with one attached hydrogen (secondary N) is 2. The first kappa shape index (κ1) is 24.3. The number of amides is 2. The molecule has 1 heterocycles. The molecule has 2 atom stereocenters. The number of carbonyl (C=O) groups is 2. The van der Waals surface area contributed by atoms with E-state index in [9.17, 15) is 22.8 Å². The van der Waals surface area contributed by atoms with E-state index in [-0.39, 0.29) is 23.6 Å². The molecule has 2 aliphatic rings. The van der Waals surface area contributed by atoms with E-state index >= 15 is 0 Å². The predicted molar refractivity (Wildman–Crippen MR) is 123 cm³/mol. The molecule has 0 radical (unpaired) electrons. The molecule has 34 heavy (non-hydrogen) atoms. The zero-order chi connectivity index (χ0) is 24.5. The highest BCUT2D eigenvalue weighted by Gasteiger charge is 2.40. The third-order valence-electron chi connectivity index (χ3n) is 6.92. The Morgan fingerprint density at radius 2 is 1.76 bits per heavy atom. The van der Waals surface area contributed by atoms with Gasteiger partial charge in [0.05, 0.1) is 11.5 Å². The molecule has 2 N–H and O–H groups in total. The first-order chi connectivity index (χ1) is 16.1. The van der Waals surface area contributed by atoms with Gasteiger partial charge in [0.2, 0.25) is 5.91 Å². The van der Waals surface area contributed by atoms with E-state index in [4.69, 9.17) is 0 Å². The van der Waals surface area contributed by atoms with Crippen molar-refractivity contribution in [1.29, 1.82) is 0 Å². The number of nitrogens with zero attached hydrogens (tertiary/aromatic N) is 1. The Morgan fingerprint density at radius 1 is 1.06 bits per heavy atom. The lowest BCUT2D eigenvalue weighted by Gasteiger charge is -2.36. The summed E-state index contributed by atoms with van der Waals surface area (Å²) in [4.78, 5) is 28.4. The monoisotopic (exact) mass is 473 g/mol. The van der Waals surface area contributed by atoms with Gasteiger partial charge in [-0.05, 0) is 80.6 Å². The average Bonchev–Trinajstić information content (AvgIpc) is 3.65. The molecule has 1 aliphatic carbocycles. The van der Waals surface area contributed by atoms with Gasteiger partial charge in [-0.3, -0.25) is 9.59 Å². The SMILES string of the molecule is Cc1cccc(CN(C(=O)C2CNCCC2NC(=O)c2ccc(C(F)(F)F)cc2)C2CC2)c1C. The lowest BCUT2D eigenvalue weighted by molar-refractivity contribution is -0.138. The number of hydrogen-bond acceptors (Lipinski definition) is 3. The first-order valence-electron chi connectivity index (χ1n) is 11.7. The number of halogens is 3. The van der Waals surface area contributed by atoms with Crippen molar-refractivity contribution in [2.45, 2.75) is 57.9 Å². The Bertz CT molecular complexity index is 1050. The maximum absolute atomic E-state index is 13.7. The van der Waals surface area contributed by atoms with Crippen LogP contribution < -0.4 is 10.6 Å². The van der Waals surface area contributed by atoms with Crippen molar-refractivity contribution in [3.8, 4) is 0 Å². The molecule has 2 unspecified atom stereocenters. The number of hydrogen-bond donors (Lipinski definition) is 2. The van der Waals surface area contributed by atoms with Crippen LogP contribution in [0.1, 0.15) is 51.9 Å². The number of piperidine rings is 1. The smallest absolute Gasteiger partial charge is 0.348 e. The van der Waals surface area contributed by atoms with Crippen LogP contribution >= 0.6 is 0 Å². The third kappa shape index (κ3) is 5.43. The molecule has 8 heteroatoms. The van der Waals surface area contributed by atoms with Crippen LogP contribution in [0.15, 0.2) is 42.5 Å². The number of alkyl halides is 3. The fourth-order valence-corrected chi connectivity index (χ4v) is 4.51. The molecule has 4 rings (SSSR count). The molecule has 2 amide bonds. The maximum Gasteiger partial charge on any atom is 0.416 e. The maximum atomic E-state index is 13.7. The molecular formula is C26H30F3N3O2. The lowest BCUT2D eigenvalue weighted by Crippen LogP contribution is -2.55. The van der Waals surface area contributed by atoms with Crippen LogP contribution in [-0.2, 0) is 17.5 Å². The Hall–Kier alpha value is -2.87. The molecule has 2 aromatic carbocycles. The molecule has 0 bridgehead atoms. The molecule has 0 aromatic heterocycles. The minimum Gasteiger partial charge on any atom is -0.348 e. The van der Waals surface area contributed by atoms with Gasteiger partial charge >= 0.3 is 6.18 Å². The quantitative estimate of drug-likeness (QED) is 0.661. The summed E-state index contributed by atoms with van der Waals surface area (Å²) in [7, 11) is 0. The van der Waals surface area contributed by atoms with Gasteiger partial charge in [0, 0.05) is 30.7 Å². The van der Waals surface area contributed by atoms with Crippen molar-refractivity contribution in [3.05, 3.63) is 70.3 Å². The summed E-state index contributed by atoms with van der Waals surface area (Å²) < 4.78 is 38.5. The highest BCUT2D eigenvalue weighted by Crippen LogP contribution is 2.32. The average molecular weight is 474 g/mol. The third-order valence-corrected chi connectivity index (χ3v) is 6.92. The molecule has 1 saturated carbocycles. The van der Waals surface area contributed by atoms with Crippen LogP contribution in [0.2, 0.25) is 0 Å². The van der Waals surface area contributed by atoms with Crippen LogP contribution in [0.5, 0.6) is 0 Å². The van der Waals surface area contributed by atoms with Crippen molar-refractivity contribution < 1.29 is 22.8 Å². The van der Waals surface area contributed by atoms with E-state index < -0.39 is 23.6 Å². The van der Waals surface area contributed by atoms with Gasteiger partial charge in [-0.15, -0.1) is 0 Å². The summed E-state index contributed by atoms with van der Waals surface area (Å²) in [5.41, 5.74) is 2.82. The molecule has 182 valence electrons. The van der Waals surface area contributed by atoms with Crippen LogP contribution in [0, 0.1) is 19.8 Å². The second-order valence-electron chi connectivity index (χ2n) is 9.31. The van der Waals surface area contributed by atoms with Crippen molar-refractivity contribution in [3.63, 3.8) is 0 Å². The van der Waals surface area contributed by atoms with E-state index in [0.717, 1.165) is 30.5 Å². The Balaban J connectivity index is 1.48. The standard InChI is InChI=1S/C26H30F3N3O2/c1-16-4-3-5-19(17(16)2)15-32(21-10-11-21)25(34)22-14-30-13-12-23(22)31-24(33)18-6-8-20(9-7-18)26(27,28)29/h3-9,21-23,30H,10-15H2,1-2H3,(H,31,33). The molecule has 5 nitrogen and oxygen atoms in total. The molecule has 2 aromatic rings. The molecule has 2 fully saturated rings. The van der Waals surface area contributed by atoms with Crippen LogP contribution in [0.4, 0.5) is 13.2 Å². The Labute approximate surface area is 197 Å². The van der Waals surface area contributed by atoms with E-state index in [1.54, 1.807) is 0 Å². The number of rotatable bonds is 6. The van der Waals surface area contributed by atoms with Gasteiger partial charge < -0.3 is 15.5 Å². The first-order valence-corrected chi connectivity index (χ1v) is 11.7. The van der Waals surface area contributed by atoms with Crippen molar-refractivity contribution >= 4 is 11.8 Å². The second-order valence-corrected chi connectivity index (χ2v) is 9.31. The van der Waals surface area contributed by atoms with Gasteiger partial charge in [-0.25, -0.2) is 0 Å². The minimum atomic E-state index is -4.45.